The van der Waals surface area contributed by atoms with Gasteiger partial charge >= 0.3 is 6.18 Å². The molecule has 1 aliphatic carbocycles. The first-order valence-electron chi connectivity index (χ1n) is 7.09. The van der Waals surface area contributed by atoms with Gasteiger partial charge < -0.3 is 5.32 Å². The van der Waals surface area contributed by atoms with Crippen molar-refractivity contribution in [3.63, 3.8) is 0 Å². The third-order valence-corrected chi connectivity index (χ3v) is 3.62. The SMILES string of the molecule is CCCNc1ccc(Cl)c(CN(CC(F)(F)F)C2CC2)n1. The fourth-order valence-corrected chi connectivity index (χ4v) is 2.29. The minimum absolute atomic E-state index is 0.00301. The topological polar surface area (TPSA) is 28.2 Å². The van der Waals surface area contributed by atoms with E-state index in [9.17, 15) is 13.2 Å². The Morgan fingerprint density at radius 2 is 2.10 bits per heavy atom. The molecule has 0 bridgehead atoms. The lowest BCUT2D eigenvalue weighted by molar-refractivity contribution is -0.148. The molecule has 0 atom stereocenters. The Kier molecular flexibility index (Phi) is 5.32. The van der Waals surface area contributed by atoms with Gasteiger partial charge in [0.15, 0.2) is 0 Å². The maximum absolute atomic E-state index is 12.6. The van der Waals surface area contributed by atoms with E-state index in [-0.39, 0.29) is 12.6 Å². The highest BCUT2D eigenvalue weighted by Crippen LogP contribution is 2.32. The van der Waals surface area contributed by atoms with Gasteiger partial charge in [-0.15, -0.1) is 0 Å². The van der Waals surface area contributed by atoms with Crippen LogP contribution in [0, 0.1) is 0 Å². The molecule has 1 aromatic rings. The number of hydrogen-bond donors (Lipinski definition) is 1. The van der Waals surface area contributed by atoms with Gasteiger partial charge in [-0.05, 0) is 31.4 Å². The van der Waals surface area contributed by atoms with Crippen LogP contribution in [0.25, 0.3) is 0 Å². The minimum Gasteiger partial charge on any atom is -0.370 e. The first-order valence-corrected chi connectivity index (χ1v) is 7.47. The summed E-state index contributed by atoms with van der Waals surface area (Å²) in [6, 6.07) is 3.42. The Labute approximate surface area is 127 Å². The average Bonchev–Trinajstić information content (AvgIpc) is 3.21. The molecule has 1 aromatic heterocycles. The molecule has 0 saturated heterocycles. The molecule has 1 saturated carbocycles. The number of nitrogens with one attached hydrogen (secondary N) is 1. The van der Waals surface area contributed by atoms with Gasteiger partial charge in [-0.3, -0.25) is 4.90 Å². The Morgan fingerprint density at radius 3 is 2.67 bits per heavy atom. The molecule has 21 heavy (non-hydrogen) atoms. The summed E-state index contributed by atoms with van der Waals surface area (Å²) in [5.41, 5.74) is 0.494. The smallest absolute Gasteiger partial charge is 0.370 e. The van der Waals surface area contributed by atoms with E-state index in [0.717, 1.165) is 25.8 Å². The van der Waals surface area contributed by atoms with Crippen molar-refractivity contribution in [1.82, 2.24) is 9.88 Å². The molecule has 3 nitrogen and oxygen atoms in total. The summed E-state index contributed by atoms with van der Waals surface area (Å²) in [4.78, 5) is 5.75. The van der Waals surface area contributed by atoms with Gasteiger partial charge in [0, 0.05) is 19.1 Å². The van der Waals surface area contributed by atoms with E-state index in [0.29, 0.717) is 16.5 Å². The summed E-state index contributed by atoms with van der Waals surface area (Å²) in [5, 5.41) is 3.53. The summed E-state index contributed by atoms with van der Waals surface area (Å²) in [6.07, 6.45) is -1.64. The van der Waals surface area contributed by atoms with Gasteiger partial charge in [0.25, 0.3) is 0 Å². The second kappa shape index (κ2) is 6.83. The molecule has 2 rings (SSSR count). The fraction of sp³-hybridized carbons (Fsp3) is 0.643. The molecule has 1 fully saturated rings. The lowest BCUT2D eigenvalue weighted by Crippen LogP contribution is -2.35. The molecule has 1 aliphatic rings. The van der Waals surface area contributed by atoms with Crippen LogP contribution in [0.3, 0.4) is 0 Å². The highest BCUT2D eigenvalue weighted by atomic mass is 35.5. The Morgan fingerprint density at radius 1 is 1.38 bits per heavy atom. The van der Waals surface area contributed by atoms with E-state index in [1.54, 1.807) is 12.1 Å². The molecule has 0 unspecified atom stereocenters. The maximum Gasteiger partial charge on any atom is 0.401 e. The van der Waals surface area contributed by atoms with Crippen LogP contribution in [0.4, 0.5) is 19.0 Å². The lowest BCUT2D eigenvalue weighted by Gasteiger charge is -2.23. The standard InChI is InChI=1S/C14H19ClF3N3/c1-2-7-19-13-6-5-11(15)12(20-13)8-21(10-3-4-10)9-14(16,17)18/h5-6,10H,2-4,7-9H2,1H3,(H,19,20). The normalized spacial score (nSPS) is 15.5. The van der Waals surface area contributed by atoms with E-state index < -0.39 is 12.7 Å². The third-order valence-electron chi connectivity index (χ3n) is 3.27. The van der Waals surface area contributed by atoms with E-state index in [1.165, 1.54) is 4.90 Å². The molecule has 7 heteroatoms. The van der Waals surface area contributed by atoms with Crippen LogP contribution in [0.15, 0.2) is 12.1 Å². The van der Waals surface area contributed by atoms with Crippen molar-refractivity contribution in [2.75, 3.05) is 18.4 Å². The zero-order chi connectivity index (χ0) is 15.5. The first kappa shape index (κ1) is 16.4. The Hall–Kier alpha value is -1.01. The van der Waals surface area contributed by atoms with Crippen LogP contribution >= 0.6 is 11.6 Å². The third kappa shape index (κ3) is 5.36. The number of anilines is 1. The van der Waals surface area contributed by atoms with Gasteiger partial charge in [-0.2, -0.15) is 13.2 Å². The summed E-state index contributed by atoms with van der Waals surface area (Å²) in [5.74, 6) is 0.652. The number of rotatable bonds is 7. The highest BCUT2D eigenvalue weighted by molar-refractivity contribution is 6.31. The predicted octanol–water partition coefficient (Wildman–Crippen LogP) is 4.08. The fourth-order valence-electron chi connectivity index (χ4n) is 2.12. The van der Waals surface area contributed by atoms with E-state index >= 15 is 0 Å². The highest BCUT2D eigenvalue weighted by Gasteiger charge is 2.38. The zero-order valence-corrected chi connectivity index (χ0v) is 12.6. The van der Waals surface area contributed by atoms with Crippen LogP contribution < -0.4 is 5.32 Å². The zero-order valence-electron chi connectivity index (χ0n) is 11.9. The van der Waals surface area contributed by atoms with E-state index in [4.69, 9.17) is 11.6 Å². The Balaban J connectivity index is 2.08. The van der Waals surface area contributed by atoms with Crippen molar-refractivity contribution in [2.24, 2.45) is 0 Å². The summed E-state index contributed by atoms with van der Waals surface area (Å²) < 4.78 is 37.9. The number of hydrogen-bond acceptors (Lipinski definition) is 3. The second-order valence-electron chi connectivity index (χ2n) is 5.30. The van der Waals surface area contributed by atoms with Crippen LogP contribution in [0.2, 0.25) is 5.02 Å². The molecular formula is C14H19ClF3N3. The lowest BCUT2D eigenvalue weighted by atomic mass is 10.3. The number of pyridine rings is 1. The molecule has 0 radical (unpaired) electrons. The predicted molar refractivity (Wildman–Crippen MR) is 77.5 cm³/mol. The molecule has 0 spiro atoms. The summed E-state index contributed by atoms with van der Waals surface area (Å²) >= 11 is 6.07. The average molecular weight is 322 g/mol. The quantitative estimate of drug-likeness (QED) is 0.820. The van der Waals surface area contributed by atoms with Crippen LogP contribution in [0.1, 0.15) is 31.9 Å². The van der Waals surface area contributed by atoms with E-state index in [1.807, 2.05) is 6.92 Å². The summed E-state index contributed by atoms with van der Waals surface area (Å²) in [7, 11) is 0. The number of aromatic nitrogens is 1. The molecule has 1 heterocycles. The largest absolute Gasteiger partial charge is 0.401 e. The molecule has 0 aliphatic heterocycles. The van der Waals surface area contributed by atoms with Crippen molar-refractivity contribution in [3.8, 4) is 0 Å². The van der Waals surface area contributed by atoms with Gasteiger partial charge in [0.05, 0.1) is 17.3 Å². The second-order valence-corrected chi connectivity index (χ2v) is 5.71. The van der Waals surface area contributed by atoms with Crippen LogP contribution in [-0.4, -0.2) is 35.2 Å². The van der Waals surface area contributed by atoms with Gasteiger partial charge in [-0.1, -0.05) is 18.5 Å². The van der Waals surface area contributed by atoms with Gasteiger partial charge in [-0.25, -0.2) is 4.98 Å². The van der Waals surface area contributed by atoms with Gasteiger partial charge in [0.1, 0.15) is 5.82 Å². The molecular weight excluding hydrogens is 303 g/mol. The van der Waals surface area contributed by atoms with Crippen molar-refractivity contribution in [1.29, 1.82) is 0 Å². The maximum atomic E-state index is 12.6. The first-order chi connectivity index (χ1) is 9.89. The van der Waals surface area contributed by atoms with Crippen molar-refractivity contribution in [3.05, 3.63) is 22.8 Å². The van der Waals surface area contributed by atoms with Crippen LogP contribution in [-0.2, 0) is 6.54 Å². The molecule has 0 amide bonds. The molecule has 0 aromatic carbocycles. The van der Waals surface area contributed by atoms with Crippen molar-refractivity contribution < 1.29 is 13.2 Å². The van der Waals surface area contributed by atoms with Gasteiger partial charge in [0.2, 0.25) is 0 Å². The number of halogens is 4. The molecule has 1 N–H and O–H groups in total. The van der Waals surface area contributed by atoms with Crippen molar-refractivity contribution >= 4 is 17.4 Å². The van der Waals surface area contributed by atoms with Crippen molar-refractivity contribution in [2.45, 2.75) is 44.9 Å². The molecule has 118 valence electrons. The number of nitrogens with zero attached hydrogens (tertiary/aromatic N) is 2. The van der Waals surface area contributed by atoms with Crippen LogP contribution in [0.5, 0.6) is 0 Å². The van der Waals surface area contributed by atoms with E-state index in [2.05, 4.69) is 10.3 Å². The monoisotopic (exact) mass is 321 g/mol. The number of alkyl halides is 3. The minimum atomic E-state index is -4.20. The summed E-state index contributed by atoms with van der Waals surface area (Å²) in [6.45, 7) is 2.01. The Bertz CT molecular complexity index is 475.